The lowest BCUT2D eigenvalue weighted by Crippen LogP contribution is -2.21. The fourth-order valence-corrected chi connectivity index (χ4v) is 2.60. The van der Waals surface area contributed by atoms with Crippen LogP contribution in [0.3, 0.4) is 0 Å². The molecule has 0 unspecified atom stereocenters. The number of non-ortho nitro benzene ring substituents is 2. The molecule has 0 saturated carbocycles. The first-order valence-corrected chi connectivity index (χ1v) is 8.81. The Morgan fingerprint density at radius 2 is 1.61 bits per heavy atom. The zero-order chi connectivity index (χ0) is 22.5. The Morgan fingerprint density at radius 1 is 0.968 bits per heavy atom. The lowest BCUT2D eigenvalue weighted by atomic mass is 10.1. The summed E-state index contributed by atoms with van der Waals surface area (Å²) in [5.74, 6) is -1.44. The summed E-state index contributed by atoms with van der Waals surface area (Å²) in [6.07, 6.45) is 0. The van der Waals surface area contributed by atoms with Gasteiger partial charge in [-0.25, -0.2) is 4.79 Å². The van der Waals surface area contributed by atoms with Gasteiger partial charge in [-0.3, -0.25) is 25.0 Å². The molecule has 0 saturated heterocycles. The number of hydrogen-bond acceptors (Lipinski definition) is 8. The van der Waals surface area contributed by atoms with Gasteiger partial charge in [-0.2, -0.15) is 0 Å². The van der Waals surface area contributed by atoms with Crippen LogP contribution in [0.5, 0.6) is 0 Å². The first-order valence-electron chi connectivity index (χ1n) is 8.81. The van der Waals surface area contributed by atoms with Crippen LogP contribution in [0.4, 0.5) is 17.1 Å². The maximum atomic E-state index is 12.1. The molecular weight excluding hydrogens is 410 g/mol. The van der Waals surface area contributed by atoms with Gasteiger partial charge in [0.2, 0.25) is 5.76 Å². The molecule has 1 amide bonds. The fourth-order valence-electron chi connectivity index (χ4n) is 2.60. The van der Waals surface area contributed by atoms with Crippen LogP contribution in [-0.4, -0.2) is 28.3 Å². The maximum Gasteiger partial charge on any atom is 0.374 e. The number of furan rings is 1. The van der Waals surface area contributed by atoms with Crippen molar-refractivity contribution in [2.45, 2.75) is 6.92 Å². The van der Waals surface area contributed by atoms with Gasteiger partial charge >= 0.3 is 5.97 Å². The smallest absolute Gasteiger partial charge is 0.374 e. The maximum absolute atomic E-state index is 12.1. The molecule has 3 rings (SSSR count). The molecule has 11 nitrogen and oxygen atoms in total. The number of amides is 1. The van der Waals surface area contributed by atoms with Crippen LogP contribution >= 0.6 is 0 Å². The number of ether oxygens (including phenoxy) is 1. The Labute approximate surface area is 174 Å². The van der Waals surface area contributed by atoms with Gasteiger partial charge < -0.3 is 14.5 Å². The molecule has 0 aliphatic carbocycles. The number of aryl methyl sites for hydroxylation is 1. The van der Waals surface area contributed by atoms with E-state index >= 15 is 0 Å². The topological polar surface area (TPSA) is 155 Å². The second kappa shape index (κ2) is 8.86. The highest BCUT2D eigenvalue weighted by Crippen LogP contribution is 2.25. The number of anilines is 1. The summed E-state index contributed by atoms with van der Waals surface area (Å²) >= 11 is 0. The number of hydrogen-bond donors (Lipinski definition) is 1. The van der Waals surface area contributed by atoms with E-state index in [9.17, 15) is 29.8 Å². The summed E-state index contributed by atoms with van der Waals surface area (Å²) in [4.78, 5) is 44.6. The third-order valence-corrected chi connectivity index (χ3v) is 4.21. The molecule has 1 aromatic heterocycles. The van der Waals surface area contributed by atoms with Crippen molar-refractivity contribution in [3.63, 3.8) is 0 Å². The third kappa shape index (κ3) is 5.09. The SMILES string of the molecule is Cc1ccc([N+](=O)[O-])cc1NC(=O)COC(=O)c1ccc(-c2ccc([N+](=O)[O-])cc2)o1. The number of benzene rings is 2. The van der Waals surface area contributed by atoms with Crippen molar-refractivity contribution in [2.75, 3.05) is 11.9 Å². The minimum Gasteiger partial charge on any atom is -0.450 e. The van der Waals surface area contributed by atoms with Crippen LogP contribution < -0.4 is 5.32 Å². The number of rotatable bonds is 7. The van der Waals surface area contributed by atoms with E-state index in [4.69, 9.17) is 9.15 Å². The van der Waals surface area contributed by atoms with E-state index in [2.05, 4.69) is 5.32 Å². The lowest BCUT2D eigenvalue weighted by molar-refractivity contribution is -0.385. The Bertz CT molecular complexity index is 1170. The second-order valence-electron chi connectivity index (χ2n) is 6.35. The van der Waals surface area contributed by atoms with Crippen molar-refractivity contribution in [3.8, 4) is 11.3 Å². The molecule has 0 atom stereocenters. The van der Waals surface area contributed by atoms with Crippen molar-refractivity contribution < 1.29 is 28.6 Å². The quantitative estimate of drug-likeness (QED) is 0.340. The third-order valence-electron chi connectivity index (χ3n) is 4.21. The first-order chi connectivity index (χ1) is 14.7. The molecule has 0 aliphatic heterocycles. The number of carbonyl (C=O) groups excluding carboxylic acids is 2. The highest BCUT2D eigenvalue weighted by Gasteiger charge is 2.17. The van der Waals surface area contributed by atoms with Crippen molar-refractivity contribution >= 4 is 28.9 Å². The monoisotopic (exact) mass is 425 g/mol. The van der Waals surface area contributed by atoms with E-state index in [0.29, 0.717) is 16.9 Å². The van der Waals surface area contributed by atoms with Crippen molar-refractivity contribution in [1.82, 2.24) is 0 Å². The van der Waals surface area contributed by atoms with Gasteiger partial charge in [-0.1, -0.05) is 6.07 Å². The summed E-state index contributed by atoms with van der Waals surface area (Å²) in [6.45, 7) is 1.03. The van der Waals surface area contributed by atoms with Gasteiger partial charge in [0.15, 0.2) is 6.61 Å². The van der Waals surface area contributed by atoms with E-state index in [1.54, 1.807) is 6.92 Å². The minimum atomic E-state index is -0.890. The minimum absolute atomic E-state index is 0.0834. The van der Waals surface area contributed by atoms with Crippen LogP contribution in [0, 0.1) is 27.2 Å². The average molecular weight is 425 g/mol. The standard InChI is InChI=1S/C20H15N3O8/c1-12-2-5-15(23(28)29)10-16(12)21-19(24)11-30-20(25)18-9-8-17(31-18)13-3-6-14(7-4-13)22(26)27/h2-10H,11H2,1H3,(H,21,24). The number of nitrogens with one attached hydrogen (secondary N) is 1. The van der Waals surface area contributed by atoms with Crippen LogP contribution in [-0.2, 0) is 9.53 Å². The summed E-state index contributed by atoms with van der Waals surface area (Å²) in [5, 5.41) is 24.0. The van der Waals surface area contributed by atoms with E-state index in [1.165, 1.54) is 54.6 Å². The molecule has 0 radical (unpaired) electrons. The molecule has 1 N–H and O–H groups in total. The predicted molar refractivity (Wildman–Crippen MR) is 108 cm³/mol. The van der Waals surface area contributed by atoms with Crippen molar-refractivity contribution in [1.29, 1.82) is 0 Å². The van der Waals surface area contributed by atoms with Crippen molar-refractivity contribution in [3.05, 3.63) is 86.1 Å². The molecule has 31 heavy (non-hydrogen) atoms. The van der Waals surface area contributed by atoms with Crippen LogP contribution in [0.2, 0.25) is 0 Å². The molecule has 11 heteroatoms. The second-order valence-corrected chi connectivity index (χ2v) is 6.35. The molecular formula is C20H15N3O8. The zero-order valence-corrected chi connectivity index (χ0v) is 16.1. The Kier molecular flexibility index (Phi) is 6.05. The van der Waals surface area contributed by atoms with Gasteiger partial charge in [0.1, 0.15) is 5.76 Å². The van der Waals surface area contributed by atoms with E-state index in [0.717, 1.165) is 0 Å². The Balaban J connectivity index is 1.60. The summed E-state index contributed by atoms with van der Waals surface area (Å²) in [7, 11) is 0. The molecule has 0 spiro atoms. The number of nitrogens with zero attached hydrogens (tertiary/aromatic N) is 2. The molecule has 3 aromatic rings. The lowest BCUT2D eigenvalue weighted by Gasteiger charge is -2.08. The number of carbonyl (C=O) groups is 2. The van der Waals surface area contributed by atoms with Gasteiger partial charge in [-0.15, -0.1) is 0 Å². The molecule has 0 bridgehead atoms. The van der Waals surface area contributed by atoms with Crippen molar-refractivity contribution in [2.24, 2.45) is 0 Å². The van der Waals surface area contributed by atoms with Gasteiger partial charge in [-0.05, 0) is 36.8 Å². The van der Waals surface area contributed by atoms with Gasteiger partial charge in [0, 0.05) is 29.8 Å². The average Bonchev–Trinajstić information content (AvgIpc) is 3.24. The summed E-state index contributed by atoms with van der Waals surface area (Å²) < 4.78 is 10.3. The summed E-state index contributed by atoms with van der Waals surface area (Å²) in [5.41, 5.74) is 1.08. The number of esters is 1. The zero-order valence-electron chi connectivity index (χ0n) is 16.1. The van der Waals surface area contributed by atoms with E-state index in [-0.39, 0.29) is 22.8 Å². The molecule has 0 fully saturated rings. The van der Waals surface area contributed by atoms with Gasteiger partial charge in [0.25, 0.3) is 17.3 Å². The first kappa shape index (κ1) is 21.2. The van der Waals surface area contributed by atoms with Crippen LogP contribution in [0.25, 0.3) is 11.3 Å². The van der Waals surface area contributed by atoms with E-state index < -0.39 is 28.3 Å². The van der Waals surface area contributed by atoms with Crippen LogP contribution in [0.15, 0.2) is 59.0 Å². The number of nitro groups is 2. The Hall–Kier alpha value is -4.54. The summed E-state index contributed by atoms with van der Waals surface area (Å²) in [6, 6.07) is 12.4. The van der Waals surface area contributed by atoms with Gasteiger partial charge in [0.05, 0.1) is 15.5 Å². The molecule has 0 aliphatic rings. The number of nitro benzene ring substituents is 2. The molecule has 158 valence electrons. The van der Waals surface area contributed by atoms with E-state index in [1.807, 2.05) is 0 Å². The highest BCUT2D eigenvalue weighted by atomic mass is 16.6. The predicted octanol–water partition coefficient (Wildman–Crippen LogP) is 3.87. The normalized spacial score (nSPS) is 10.4. The molecule has 2 aromatic carbocycles. The fraction of sp³-hybridized carbons (Fsp3) is 0.100. The molecule has 1 heterocycles. The Morgan fingerprint density at radius 3 is 2.26 bits per heavy atom. The highest BCUT2D eigenvalue weighted by molar-refractivity contribution is 5.95. The largest absolute Gasteiger partial charge is 0.450 e. The van der Waals surface area contributed by atoms with Crippen LogP contribution in [0.1, 0.15) is 16.1 Å².